The molecule has 86 valence electrons. The number of rotatable bonds is 2. The molecule has 0 atom stereocenters. The molecule has 0 aromatic rings. The van der Waals surface area contributed by atoms with E-state index in [9.17, 15) is 0 Å². The SMILES string of the molecule is C=C/C=C(/O)C(=C)C.CC.CC.CC. The highest BCUT2D eigenvalue weighted by atomic mass is 16.3. The summed E-state index contributed by atoms with van der Waals surface area (Å²) < 4.78 is 0. The van der Waals surface area contributed by atoms with Crippen molar-refractivity contribution in [2.24, 2.45) is 0 Å². The summed E-state index contributed by atoms with van der Waals surface area (Å²) in [4.78, 5) is 0. The standard InChI is InChI=1S/C7H10O.3C2H6/c1-4-5-7(8)6(2)3;3*1-2/h4-5,8H,1-2H2,3H3;3*1-2H3/b7-5+;;;. The summed E-state index contributed by atoms with van der Waals surface area (Å²) in [6, 6.07) is 0. The first-order valence-corrected chi connectivity index (χ1v) is 5.36. The molecule has 0 aliphatic heterocycles. The molecule has 0 aliphatic carbocycles. The molecule has 0 saturated carbocycles. The highest BCUT2D eigenvalue weighted by molar-refractivity contribution is 5.22. The van der Waals surface area contributed by atoms with Crippen molar-refractivity contribution >= 4 is 0 Å². The maximum absolute atomic E-state index is 8.82. The molecular weight excluding hydrogens is 172 g/mol. The number of aliphatic hydroxyl groups is 1. The predicted octanol–water partition coefficient (Wildman–Crippen LogP) is 5.27. The second-order valence-corrected chi connectivity index (χ2v) is 1.57. The highest BCUT2D eigenvalue weighted by Gasteiger charge is 1.86. The second kappa shape index (κ2) is 29.6. The lowest BCUT2D eigenvalue weighted by Gasteiger charge is -1.91. The Kier molecular flexibility index (Phi) is 48.9. The fraction of sp³-hybridized carbons (Fsp3) is 0.538. The van der Waals surface area contributed by atoms with Gasteiger partial charge in [-0.2, -0.15) is 0 Å². The molecule has 14 heavy (non-hydrogen) atoms. The molecule has 0 bridgehead atoms. The van der Waals surface area contributed by atoms with Crippen LogP contribution in [-0.4, -0.2) is 5.11 Å². The van der Waals surface area contributed by atoms with E-state index in [0.29, 0.717) is 5.57 Å². The summed E-state index contributed by atoms with van der Waals surface area (Å²) in [6.07, 6.45) is 3.02. The molecule has 0 saturated heterocycles. The van der Waals surface area contributed by atoms with E-state index in [1.54, 1.807) is 6.92 Å². The minimum Gasteiger partial charge on any atom is -0.508 e. The van der Waals surface area contributed by atoms with Gasteiger partial charge in [0.2, 0.25) is 0 Å². The van der Waals surface area contributed by atoms with Gasteiger partial charge in [-0.25, -0.2) is 0 Å². The van der Waals surface area contributed by atoms with Crippen molar-refractivity contribution in [3.63, 3.8) is 0 Å². The van der Waals surface area contributed by atoms with Gasteiger partial charge < -0.3 is 5.11 Å². The molecule has 0 rings (SSSR count). The van der Waals surface area contributed by atoms with Crippen LogP contribution in [-0.2, 0) is 0 Å². The van der Waals surface area contributed by atoms with Crippen LogP contribution in [0.2, 0.25) is 0 Å². The molecule has 0 aliphatic rings. The summed E-state index contributed by atoms with van der Waals surface area (Å²) in [5.41, 5.74) is 0.657. The van der Waals surface area contributed by atoms with Crippen LogP contribution < -0.4 is 0 Å². The topological polar surface area (TPSA) is 20.2 Å². The van der Waals surface area contributed by atoms with Crippen LogP contribution in [0.5, 0.6) is 0 Å². The molecule has 1 nitrogen and oxygen atoms in total. The van der Waals surface area contributed by atoms with Gasteiger partial charge >= 0.3 is 0 Å². The smallest absolute Gasteiger partial charge is 0.117 e. The quantitative estimate of drug-likeness (QED) is 0.475. The van der Waals surface area contributed by atoms with Gasteiger partial charge in [0.25, 0.3) is 0 Å². The van der Waals surface area contributed by atoms with E-state index >= 15 is 0 Å². The van der Waals surface area contributed by atoms with Gasteiger partial charge in [-0.15, -0.1) is 0 Å². The van der Waals surface area contributed by atoms with Gasteiger partial charge in [-0.05, 0) is 18.6 Å². The van der Waals surface area contributed by atoms with E-state index in [4.69, 9.17) is 5.11 Å². The second-order valence-electron chi connectivity index (χ2n) is 1.57. The third-order valence-electron chi connectivity index (χ3n) is 0.713. The summed E-state index contributed by atoms with van der Waals surface area (Å²) >= 11 is 0. The van der Waals surface area contributed by atoms with Crippen molar-refractivity contribution in [1.29, 1.82) is 0 Å². The van der Waals surface area contributed by atoms with Gasteiger partial charge in [0, 0.05) is 0 Å². The predicted molar refractivity (Wildman–Crippen MR) is 69.8 cm³/mol. The normalized spacial score (nSPS) is 7.50. The van der Waals surface area contributed by atoms with Crippen LogP contribution >= 0.6 is 0 Å². The molecule has 0 heterocycles. The maximum atomic E-state index is 8.82. The van der Waals surface area contributed by atoms with E-state index in [0.717, 1.165) is 0 Å². The van der Waals surface area contributed by atoms with Crippen molar-refractivity contribution in [2.75, 3.05) is 0 Å². The zero-order valence-corrected chi connectivity index (χ0v) is 11.0. The molecule has 1 N–H and O–H groups in total. The molecule has 0 aromatic carbocycles. The number of allylic oxidation sites excluding steroid dienone is 3. The minimum absolute atomic E-state index is 0.194. The average Bonchev–Trinajstić information content (AvgIpc) is 2.27. The third kappa shape index (κ3) is 30.5. The molecule has 1 heteroatoms. The zero-order valence-electron chi connectivity index (χ0n) is 11.0. The van der Waals surface area contributed by atoms with Crippen LogP contribution in [0, 0.1) is 0 Å². The average molecular weight is 200 g/mol. The van der Waals surface area contributed by atoms with E-state index in [2.05, 4.69) is 13.2 Å². The van der Waals surface area contributed by atoms with Crippen LogP contribution in [0.1, 0.15) is 48.5 Å². The Morgan fingerprint density at radius 1 is 1.00 bits per heavy atom. The third-order valence-corrected chi connectivity index (χ3v) is 0.713. The van der Waals surface area contributed by atoms with Crippen LogP contribution in [0.15, 0.2) is 36.6 Å². The molecule has 0 unspecified atom stereocenters. The van der Waals surface area contributed by atoms with Crippen molar-refractivity contribution in [3.05, 3.63) is 36.6 Å². The lowest BCUT2D eigenvalue weighted by Crippen LogP contribution is -1.77. The molecule has 0 radical (unpaired) electrons. The molecular formula is C13H28O. The fourth-order valence-corrected chi connectivity index (χ4v) is 0.254. The Morgan fingerprint density at radius 2 is 1.29 bits per heavy atom. The molecule has 0 amide bonds. The Balaban J connectivity index is -0.0000000708. The Morgan fingerprint density at radius 3 is 1.36 bits per heavy atom. The van der Waals surface area contributed by atoms with Gasteiger partial charge in [0.15, 0.2) is 0 Å². The number of aliphatic hydroxyl groups excluding tert-OH is 1. The Hall–Kier alpha value is -0.980. The van der Waals surface area contributed by atoms with Gasteiger partial charge in [-0.3, -0.25) is 0 Å². The Bertz CT molecular complexity index is 132. The van der Waals surface area contributed by atoms with E-state index < -0.39 is 0 Å². The fourth-order valence-electron chi connectivity index (χ4n) is 0.254. The maximum Gasteiger partial charge on any atom is 0.117 e. The zero-order chi connectivity index (χ0) is 12.6. The molecule has 0 aromatic heterocycles. The van der Waals surface area contributed by atoms with Gasteiger partial charge in [0.05, 0.1) is 0 Å². The van der Waals surface area contributed by atoms with Gasteiger partial charge in [0.1, 0.15) is 5.76 Å². The van der Waals surface area contributed by atoms with Crippen molar-refractivity contribution in [3.8, 4) is 0 Å². The number of hydrogen-bond donors (Lipinski definition) is 1. The summed E-state index contributed by atoms with van der Waals surface area (Å²) in [7, 11) is 0. The van der Waals surface area contributed by atoms with E-state index in [1.165, 1.54) is 12.2 Å². The lowest BCUT2D eigenvalue weighted by atomic mass is 10.3. The molecule has 0 fully saturated rings. The van der Waals surface area contributed by atoms with Crippen molar-refractivity contribution in [1.82, 2.24) is 0 Å². The van der Waals surface area contributed by atoms with Gasteiger partial charge in [-0.1, -0.05) is 60.8 Å². The van der Waals surface area contributed by atoms with Crippen molar-refractivity contribution in [2.45, 2.75) is 48.5 Å². The first-order valence-electron chi connectivity index (χ1n) is 5.36. The monoisotopic (exact) mass is 200 g/mol. The largest absolute Gasteiger partial charge is 0.508 e. The van der Waals surface area contributed by atoms with E-state index in [1.807, 2.05) is 41.5 Å². The highest BCUT2D eigenvalue weighted by Crippen LogP contribution is 1.99. The lowest BCUT2D eigenvalue weighted by molar-refractivity contribution is 0.424. The van der Waals surface area contributed by atoms with Crippen LogP contribution in [0.3, 0.4) is 0 Å². The minimum atomic E-state index is 0.194. The summed E-state index contributed by atoms with van der Waals surface area (Å²) in [5, 5.41) is 8.82. The summed E-state index contributed by atoms with van der Waals surface area (Å²) in [5.74, 6) is 0.194. The van der Waals surface area contributed by atoms with E-state index in [-0.39, 0.29) is 5.76 Å². The number of hydrogen-bond acceptors (Lipinski definition) is 1. The van der Waals surface area contributed by atoms with Crippen LogP contribution in [0.25, 0.3) is 0 Å². The first-order chi connectivity index (χ1) is 6.68. The first kappa shape index (κ1) is 23.1. The summed E-state index contributed by atoms with van der Waals surface area (Å²) in [6.45, 7) is 20.6. The van der Waals surface area contributed by atoms with Crippen LogP contribution in [0.4, 0.5) is 0 Å². The molecule has 0 spiro atoms. The Labute approximate surface area is 90.9 Å². The van der Waals surface area contributed by atoms with Crippen molar-refractivity contribution < 1.29 is 5.11 Å².